The molecule has 1 unspecified atom stereocenters. The van der Waals surface area contributed by atoms with E-state index in [1.165, 1.54) is 0 Å². The van der Waals surface area contributed by atoms with Crippen molar-refractivity contribution in [2.24, 2.45) is 5.92 Å². The molecule has 0 amide bonds. The molecule has 1 atom stereocenters. The average molecular weight is 275 g/mol. The molecule has 0 aliphatic heterocycles. The van der Waals surface area contributed by atoms with E-state index in [1.807, 2.05) is 13.8 Å². The molecule has 8 heteroatoms. The Bertz CT molecular complexity index is 428. The Kier molecular flexibility index (Phi) is 5.24. The predicted octanol–water partition coefficient (Wildman–Crippen LogP) is 1.86. The van der Waals surface area contributed by atoms with Crippen molar-refractivity contribution in [2.45, 2.75) is 26.3 Å². The van der Waals surface area contributed by atoms with Gasteiger partial charge in [-0.1, -0.05) is 13.8 Å². The first-order valence-electron chi connectivity index (χ1n) is 5.50. The number of aliphatic hydroxyl groups excluding tert-OH is 1. The zero-order valence-electron chi connectivity index (χ0n) is 10.1. The third kappa shape index (κ3) is 3.78. The van der Waals surface area contributed by atoms with Crippen LogP contribution in [0.4, 0.5) is 11.5 Å². The molecule has 1 heterocycles. The molecular weight excluding hydrogens is 260 g/mol. The van der Waals surface area contributed by atoms with E-state index >= 15 is 0 Å². The lowest BCUT2D eigenvalue weighted by atomic mass is 10.0. The van der Waals surface area contributed by atoms with Crippen molar-refractivity contribution in [2.75, 3.05) is 11.9 Å². The summed E-state index contributed by atoms with van der Waals surface area (Å²) in [7, 11) is 0. The smallest absolute Gasteiger partial charge is 0.329 e. The van der Waals surface area contributed by atoms with Crippen LogP contribution in [-0.2, 0) is 0 Å². The second kappa shape index (κ2) is 6.46. The summed E-state index contributed by atoms with van der Waals surface area (Å²) in [5.74, 6) is 0.262. The van der Waals surface area contributed by atoms with Crippen LogP contribution in [0.25, 0.3) is 0 Å². The highest BCUT2D eigenvalue weighted by molar-refractivity contribution is 6.28. The molecule has 1 aromatic rings. The van der Waals surface area contributed by atoms with Crippen molar-refractivity contribution in [3.8, 4) is 0 Å². The first kappa shape index (κ1) is 14.6. The van der Waals surface area contributed by atoms with Crippen LogP contribution in [0.3, 0.4) is 0 Å². The van der Waals surface area contributed by atoms with E-state index in [2.05, 4.69) is 15.3 Å². The summed E-state index contributed by atoms with van der Waals surface area (Å²) in [6.07, 6.45) is 1.53. The Labute approximate surface area is 109 Å². The summed E-state index contributed by atoms with van der Waals surface area (Å²) in [6.45, 7) is 3.88. The van der Waals surface area contributed by atoms with Crippen LogP contribution in [0.5, 0.6) is 0 Å². The van der Waals surface area contributed by atoms with E-state index in [0.29, 0.717) is 6.42 Å². The molecule has 0 saturated heterocycles. The molecule has 0 saturated carbocycles. The fourth-order valence-corrected chi connectivity index (χ4v) is 1.61. The lowest BCUT2D eigenvalue weighted by Crippen LogP contribution is -2.27. The van der Waals surface area contributed by atoms with Gasteiger partial charge in [0.05, 0.1) is 4.92 Å². The number of nitrogens with one attached hydrogen (secondary N) is 1. The third-order valence-corrected chi connectivity index (χ3v) is 2.69. The molecule has 2 N–H and O–H groups in total. The molecule has 0 radical (unpaired) electrons. The van der Waals surface area contributed by atoms with Gasteiger partial charge in [0.15, 0.2) is 0 Å². The fourth-order valence-electron chi connectivity index (χ4n) is 1.48. The highest BCUT2D eigenvalue weighted by Crippen LogP contribution is 2.24. The molecule has 0 aliphatic rings. The summed E-state index contributed by atoms with van der Waals surface area (Å²) < 4.78 is 0. The number of hydrogen-bond donors (Lipinski definition) is 2. The van der Waals surface area contributed by atoms with Crippen molar-refractivity contribution < 1.29 is 10.0 Å². The zero-order chi connectivity index (χ0) is 13.7. The van der Waals surface area contributed by atoms with Crippen molar-refractivity contribution in [1.29, 1.82) is 0 Å². The summed E-state index contributed by atoms with van der Waals surface area (Å²) in [5, 5.41) is 22.7. The maximum absolute atomic E-state index is 10.8. The van der Waals surface area contributed by atoms with Gasteiger partial charge in [-0.05, 0) is 23.9 Å². The van der Waals surface area contributed by atoms with E-state index in [-0.39, 0.29) is 35.4 Å². The molecule has 1 rings (SSSR count). The van der Waals surface area contributed by atoms with Crippen molar-refractivity contribution in [3.63, 3.8) is 0 Å². The van der Waals surface area contributed by atoms with Gasteiger partial charge in [0.2, 0.25) is 11.1 Å². The van der Waals surface area contributed by atoms with Crippen molar-refractivity contribution >= 4 is 23.1 Å². The Hall–Kier alpha value is -1.47. The van der Waals surface area contributed by atoms with E-state index in [1.54, 1.807) is 0 Å². The maximum Gasteiger partial charge on any atom is 0.329 e. The minimum atomic E-state index is -0.574. The van der Waals surface area contributed by atoms with Gasteiger partial charge in [0.25, 0.3) is 0 Å². The monoisotopic (exact) mass is 274 g/mol. The summed E-state index contributed by atoms with van der Waals surface area (Å²) >= 11 is 5.63. The van der Waals surface area contributed by atoms with Crippen LogP contribution in [0.15, 0.2) is 6.20 Å². The normalized spacial score (nSPS) is 12.5. The summed E-state index contributed by atoms with van der Waals surface area (Å²) in [6, 6.07) is -0.125. The van der Waals surface area contributed by atoms with Gasteiger partial charge in [-0.3, -0.25) is 10.1 Å². The Morgan fingerprint density at radius 1 is 1.61 bits per heavy atom. The number of rotatable bonds is 6. The van der Waals surface area contributed by atoms with Crippen molar-refractivity contribution in [1.82, 2.24) is 9.97 Å². The third-order valence-electron chi connectivity index (χ3n) is 2.50. The Balaban J connectivity index is 3.00. The molecule has 7 nitrogen and oxygen atoms in total. The number of anilines is 1. The molecule has 0 aliphatic carbocycles. The topological polar surface area (TPSA) is 101 Å². The standard InChI is InChI=1S/C10H15ClN4O3/c1-6(2)7(3-4-16)13-9-8(15(17)18)5-12-10(11)14-9/h5-7,16H,3-4H2,1-2H3,(H,12,13,14). The highest BCUT2D eigenvalue weighted by Gasteiger charge is 2.21. The number of halogens is 1. The van der Waals surface area contributed by atoms with Gasteiger partial charge >= 0.3 is 5.69 Å². The van der Waals surface area contributed by atoms with E-state index in [4.69, 9.17) is 16.7 Å². The second-order valence-corrected chi connectivity index (χ2v) is 4.48. The predicted molar refractivity (Wildman–Crippen MR) is 67.6 cm³/mol. The second-order valence-electron chi connectivity index (χ2n) is 4.14. The lowest BCUT2D eigenvalue weighted by Gasteiger charge is -2.21. The summed E-state index contributed by atoms with van der Waals surface area (Å²) in [5.41, 5.74) is -0.233. The van der Waals surface area contributed by atoms with Gasteiger partial charge in [-0.2, -0.15) is 4.98 Å². The zero-order valence-corrected chi connectivity index (χ0v) is 10.9. The quantitative estimate of drug-likeness (QED) is 0.466. The van der Waals surface area contributed by atoms with Gasteiger partial charge in [-0.15, -0.1) is 0 Å². The number of nitro groups is 1. The van der Waals surface area contributed by atoms with Gasteiger partial charge in [0, 0.05) is 12.6 Å². The van der Waals surface area contributed by atoms with Crippen LogP contribution >= 0.6 is 11.6 Å². The molecule has 0 fully saturated rings. The van der Waals surface area contributed by atoms with Gasteiger partial charge < -0.3 is 10.4 Å². The van der Waals surface area contributed by atoms with E-state index < -0.39 is 4.92 Å². The van der Waals surface area contributed by atoms with Crippen LogP contribution in [0.2, 0.25) is 5.28 Å². The highest BCUT2D eigenvalue weighted by atomic mass is 35.5. The first-order chi connectivity index (χ1) is 8.45. The van der Waals surface area contributed by atoms with Gasteiger partial charge in [0.1, 0.15) is 6.20 Å². The first-order valence-corrected chi connectivity index (χ1v) is 5.87. The number of nitrogens with zero attached hydrogens (tertiary/aromatic N) is 3. The molecule has 0 spiro atoms. The molecule has 18 heavy (non-hydrogen) atoms. The molecule has 1 aromatic heterocycles. The molecule has 100 valence electrons. The van der Waals surface area contributed by atoms with Crippen LogP contribution in [0, 0.1) is 16.0 Å². The minimum Gasteiger partial charge on any atom is -0.396 e. The van der Waals surface area contributed by atoms with Crippen molar-refractivity contribution in [3.05, 3.63) is 21.6 Å². The number of hydrogen-bond acceptors (Lipinski definition) is 6. The van der Waals surface area contributed by atoms with Crippen LogP contribution in [-0.4, -0.2) is 32.6 Å². The number of aliphatic hydroxyl groups is 1. The van der Waals surface area contributed by atoms with E-state index in [0.717, 1.165) is 6.20 Å². The van der Waals surface area contributed by atoms with Gasteiger partial charge in [-0.25, -0.2) is 4.98 Å². The van der Waals surface area contributed by atoms with Crippen LogP contribution in [0.1, 0.15) is 20.3 Å². The fraction of sp³-hybridized carbons (Fsp3) is 0.600. The van der Waals surface area contributed by atoms with Crippen LogP contribution < -0.4 is 5.32 Å². The SMILES string of the molecule is CC(C)C(CCO)Nc1nc(Cl)ncc1[N+](=O)[O-]. The average Bonchev–Trinajstić information content (AvgIpc) is 2.28. The Morgan fingerprint density at radius 2 is 2.28 bits per heavy atom. The molecule has 0 bridgehead atoms. The largest absolute Gasteiger partial charge is 0.396 e. The van der Waals surface area contributed by atoms with E-state index in [9.17, 15) is 10.1 Å². The minimum absolute atomic E-state index is 0.0114. The lowest BCUT2D eigenvalue weighted by molar-refractivity contribution is -0.384. The molecular formula is C10H15ClN4O3. The number of aromatic nitrogens is 2. The summed E-state index contributed by atoms with van der Waals surface area (Å²) in [4.78, 5) is 17.7. The maximum atomic E-state index is 10.8. The molecule has 0 aromatic carbocycles. The Morgan fingerprint density at radius 3 is 2.78 bits per heavy atom.